The molecule has 1 unspecified atom stereocenters. The van der Waals surface area contributed by atoms with E-state index >= 15 is 0 Å². The standard InChI is InChI=1S/C16H24N4O2/c1-19(2)10-6-9-17-16(22)13-11-15(21)20(12-13)18-14-7-4-3-5-8-14/h3-5,7-8,13,18H,6,9-12H2,1-2H3,(H,17,22). The van der Waals surface area contributed by atoms with Crippen molar-refractivity contribution in [2.24, 2.45) is 5.92 Å². The van der Waals surface area contributed by atoms with Gasteiger partial charge in [-0.15, -0.1) is 0 Å². The van der Waals surface area contributed by atoms with Crippen molar-refractivity contribution < 1.29 is 9.59 Å². The van der Waals surface area contributed by atoms with Gasteiger partial charge in [0.1, 0.15) is 0 Å². The van der Waals surface area contributed by atoms with E-state index in [2.05, 4.69) is 15.6 Å². The maximum atomic E-state index is 12.1. The van der Waals surface area contributed by atoms with Gasteiger partial charge in [0, 0.05) is 13.0 Å². The third-order valence-electron chi connectivity index (χ3n) is 3.62. The molecular weight excluding hydrogens is 280 g/mol. The molecule has 1 aliphatic rings. The summed E-state index contributed by atoms with van der Waals surface area (Å²) in [7, 11) is 4.01. The van der Waals surface area contributed by atoms with E-state index in [0.29, 0.717) is 13.1 Å². The third-order valence-corrected chi connectivity index (χ3v) is 3.62. The Hall–Kier alpha value is -2.08. The maximum absolute atomic E-state index is 12.1. The third kappa shape index (κ3) is 4.73. The molecular formula is C16H24N4O2. The van der Waals surface area contributed by atoms with Crippen LogP contribution in [0.5, 0.6) is 0 Å². The number of para-hydroxylation sites is 1. The molecule has 2 rings (SSSR count). The van der Waals surface area contributed by atoms with Gasteiger partial charge in [-0.3, -0.25) is 20.0 Å². The summed E-state index contributed by atoms with van der Waals surface area (Å²) in [5, 5.41) is 4.44. The van der Waals surface area contributed by atoms with Crippen molar-refractivity contribution in [3.05, 3.63) is 30.3 Å². The predicted molar refractivity (Wildman–Crippen MR) is 86.1 cm³/mol. The lowest BCUT2D eigenvalue weighted by Crippen LogP contribution is -2.36. The number of anilines is 1. The van der Waals surface area contributed by atoms with Gasteiger partial charge in [-0.2, -0.15) is 0 Å². The number of hydrogen-bond acceptors (Lipinski definition) is 4. The van der Waals surface area contributed by atoms with Gasteiger partial charge < -0.3 is 10.2 Å². The van der Waals surface area contributed by atoms with Crippen LogP contribution in [-0.4, -0.2) is 55.5 Å². The van der Waals surface area contributed by atoms with Crippen LogP contribution in [0.2, 0.25) is 0 Å². The fraction of sp³-hybridized carbons (Fsp3) is 0.500. The van der Waals surface area contributed by atoms with Gasteiger partial charge in [0.2, 0.25) is 11.8 Å². The smallest absolute Gasteiger partial charge is 0.241 e. The van der Waals surface area contributed by atoms with Crippen LogP contribution in [0.3, 0.4) is 0 Å². The number of rotatable bonds is 7. The second-order valence-electron chi connectivity index (χ2n) is 5.83. The van der Waals surface area contributed by atoms with Crippen molar-refractivity contribution in [2.75, 3.05) is 39.2 Å². The molecule has 2 amide bonds. The predicted octanol–water partition coefficient (Wildman–Crippen LogP) is 0.930. The molecule has 120 valence electrons. The second kappa shape index (κ2) is 7.79. The number of hydrogen-bond donors (Lipinski definition) is 2. The monoisotopic (exact) mass is 304 g/mol. The van der Waals surface area contributed by atoms with Crippen molar-refractivity contribution in [3.8, 4) is 0 Å². The zero-order valence-electron chi connectivity index (χ0n) is 13.2. The zero-order valence-corrected chi connectivity index (χ0v) is 13.2. The summed E-state index contributed by atoms with van der Waals surface area (Å²) in [6.07, 6.45) is 1.17. The number of amides is 2. The van der Waals surface area contributed by atoms with Gasteiger partial charge in [-0.05, 0) is 39.2 Å². The van der Waals surface area contributed by atoms with E-state index in [-0.39, 0.29) is 24.2 Å². The summed E-state index contributed by atoms with van der Waals surface area (Å²) in [4.78, 5) is 26.2. The Balaban J connectivity index is 1.77. The number of nitrogens with zero attached hydrogens (tertiary/aromatic N) is 2. The summed E-state index contributed by atoms with van der Waals surface area (Å²) in [6, 6.07) is 9.50. The topological polar surface area (TPSA) is 64.7 Å². The van der Waals surface area contributed by atoms with Gasteiger partial charge in [0.15, 0.2) is 0 Å². The molecule has 1 aliphatic heterocycles. The maximum Gasteiger partial charge on any atom is 0.241 e. The van der Waals surface area contributed by atoms with Crippen LogP contribution in [0.25, 0.3) is 0 Å². The van der Waals surface area contributed by atoms with E-state index < -0.39 is 0 Å². The van der Waals surface area contributed by atoms with Crippen molar-refractivity contribution in [2.45, 2.75) is 12.8 Å². The summed E-state index contributed by atoms with van der Waals surface area (Å²) < 4.78 is 0. The fourth-order valence-electron chi connectivity index (χ4n) is 2.41. The van der Waals surface area contributed by atoms with Crippen LogP contribution in [0.1, 0.15) is 12.8 Å². The van der Waals surface area contributed by atoms with Crippen LogP contribution in [-0.2, 0) is 9.59 Å². The Morgan fingerprint density at radius 2 is 2.05 bits per heavy atom. The van der Waals surface area contributed by atoms with Crippen LogP contribution >= 0.6 is 0 Å². The minimum Gasteiger partial charge on any atom is -0.356 e. The first-order chi connectivity index (χ1) is 10.6. The lowest BCUT2D eigenvalue weighted by atomic mass is 10.1. The summed E-state index contributed by atoms with van der Waals surface area (Å²) >= 11 is 0. The molecule has 1 aromatic rings. The molecule has 0 spiro atoms. The number of benzene rings is 1. The Labute approximate surface area is 131 Å². The van der Waals surface area contributed by atoms with E-state index in [9.17, 15) is 9.59 Å². The zero-order chi connectivity index (χ0) is 15.9. The van der Waals surface area contributed by atoms with Crippen molar-refractivity contribution in [1.82, 2.24) is 15.2 Å². The number of hydrazine groups is 1. The van der Waals surface area contributed by atoms with E-state index in [1.165, 1.54) is 5.01 Å². The molecule has 6 nitrogen and oxygen atoms in total. The molecule has 1 atom stereocenters. The van der Waals surface area contributed by atoms with E-state index in [1.54, 1.807) is 0 Å². The molecule has 22 heavy (non-hydrogen) atoms. The summed E-state index contributed by atoms with van der Waals surface area (Å²) in [5.41, 5.74) is 3.90. The number of carbonyl (C=O) groups is 2. The highest BCUT2D eigenvalue weighted by atomic mass is 16.2. The second-order valence-corrected chi connectivity index (χ2v) is 5.83. The molecule has 1 saturated heterocycles. The first-order valence-corrected chi connectivity index (χ1v) is 7.61. The lowest BCUT2D eigenvalue weighted by Gasteiger charge is -2.19. The van der Waals surface area contributed by atoms with Gasteiger partial charge in [0.25, 0.3) is 0 Å². The highest BCUT2D eigenvalue weighted by molar-refractivity contribution is 5.89. The van der Waals surface area contributed by atoms with Gasteiger partial charge in [-0.1, -0.05) is 18.2 Å². The highest BCUT2D eigenvalue weighted by Crippen LogP contribution is 2.19. The fourth-order valence-corrected chi connectivity index (χ4v) is 2.41. The van der Waals surface area contributed by atoms with Crippen LogP contribution in [0, 0.1) is 5.92 Å². The van der Waals surface area contributed by atoms with E-state index in [1.807, 2.05) is 44.4 Å². The minimum absolute atomic E-state index is 0.0375. The molecule has 1 heterocycles. The SMILES string of the molecule is CN(C)CCCNC(=O)C1CC(=O)N(Nc2ccccc2)C1. The molecule has 0 aliphatic carbocycles. The largest absolute Gasteiger partial charge is 0.356 e. The normalized spacial score (nSPS) is 17.9. The van der Waals surface area contributed by atoms with Crippen LogP contribution in [0.15, 0.2) is 30.3 Å². The quantitative estimate of drug-likeness (QED) is 0.736. The lowest BCUT2D eigenvalue weighted by molar-refractivity contribution is -0.128. The molecule has 0 radical (unpaired) electrons. The van der Waals surface area contributed by atoms with Crippen molar-refractivity contribution in [3.63, 3.8) is 0 Å². The highest BCUT2D eigenvalue weighted by Gasteiger charge is 2.34. The summed E-state index contributed by atoms with van der Waals surface area (Å²) in [5.74, 6) is -0.357. The van der Waals surface area contributed by atoms with Crippen molar-refractivity contribution >= 4 is 17.5 Å². The number of nitrogens with one attached hydrogen (secondary N) is 2. The average Bonchev–Trinajstić information content (AvgIpc) is 2.85. The molecule has 0 aromatic heterocycles. The Bertz CT molecular complexity index is 504. The van der Waals surface area contributed by atoms with Crippen molar-refractivity contribution in [1.29, 1.82) is 0 Å². The Kier molecular flexibility index (Phi) is 5.77. The van der Waals surface area contributed by atoms with E-state index in [0.717, 1.165) is 18.7 Å². The first kappa shape index (κ1) is 16.3. The van der Waals surface area contributed by atoms with Gasteiger partial charge in [0.05, 0.1) is 18.2 Å². The van der Waals surface area contributed by atoms with Gasteiger partial charge in [-0.25, -0.2) is 0 Å². The molecule has 2 N–H and O–H groups in total. The molecule has 1 aromatic carbocycles. The Morgan fingerprint density at radius 1 is 1.32 bits per heavy atom. The molecule has 0 saturated carbocycles. The van der Waals surface area contributed by atoms with Crippen LogP contribution in [0.4, 0.5) is 5.69 Å². The first-order valence-electron chi connectivity index (χ1n) is 7.61. The molecule has 0 bridgehead atoms. The van der Waals surface area contributed by atoms with Crippen LogP contribution < -0.4 is 10.7 Å². The molecule has 1 fully saturated rings. The number of carbonyl (C=O) groups excluding carboxylic acids is 2. The van der Waals surface area contributed by atoms with Gasteiger partial charge >= 0.3 is 0 Å². The van der Waals surface area contributed by atoms with E-state index in [4.69, 9.17) is 0 Å². The summed E-state index contributed by atoms with van der Waals surface area (Å²) in [6.45, 7) is 1.99. The molecule has 6 heteroatoms. The average molecular weight is 304 g/mol. The Morgan fingerprint density at radius 3 is 2.73 bits per heavy atom. The minimum atomic E-state index is -0.275.